The number of aliphatic imine (C=N–C) groups is 2. The van der Waals surface area contributed by atoms with Gasteiger partial charge in [-0.3, -0.25) is 0 Å². The van der Waals surface area contributed by atoms with Gasteiger partial charge in [-0.1, -0.05) is 25.6 Å². The zero-order valence-electron chi connectivity index (χ0n) is 12.6. The van der Waals surface area contributed by atoms with E-state index in [1.807, 2.05) is 30.3 Å². The highest BCUT2D eigenvalue weighted by molar-refractivity contribution is 8.00. The van der Waals surface area contributed by atoms with Crippen molar-refractivity contribution in [2.45, 2.75) is 33.8 Å². The Labute approximate surface area is 143 Å². The molecule has 0 N–H and O–H groups in total. The average Bonchev–Trinajstić information content (AvgIpc) is 2.52. The van der Waals surface area contributed by atoms with Gasteiger partial charge < -0.3 is 0 Å². The first-order valence-electron chi connectivity index (χ1n) is 6.86. The summed E-state index contributed by atoms with van der Waals surface area (Å²) < 4.78 is 0. The van der Waals surface area contributed by atoms with E-state index in [1.54, 1.807) is 30.0 Å². The van der Waals surface area contributed by atoms with Crippen molar-refractivity contribution in [3.8, 4) is 0 Å². The molecule has 0 atom stereocenters. The number of isocyanates is 2. The molecular weight excluding hydrogens is 328 g/mol. The molecule has 0 aliphatic carbocycles. The van der Waals surface area contributed by atoms with Crippen LogP contribution in [0.25, 0.3) is 0 Å². The van der Waals surface area contributed by atoms with Crippen molar-refractivity contribution >= 4 is 47.1 Å². The van der Waals surface area contributed by atoms with Crippen LogP contribution in [0.15, 0.2) is 67.1 Å². The minimum Gasteiger partial charge on any atom is -0.211 e. The Hall–Kier alpha value is -2.10. The minimum atomic E-state index is 0.466. The molecule has 0 fully saturated rings. The maximum atomic E-state index is 10.6. The molecule has 0 aliphatic rings. The van der Waals surface area contributed by atoms with Gasteiger partial charge in [0, 0.05) is 19.9 Å². The van der Waals surface area contributed by atoms with Crippen molar-refractivity contribution in [3.63, 3.8) is 0 Å². The van der Waals surface area contributed by atoms with Gasteiger partial charge in [0.15, 0.2) is 0 Å². The highest BCUT2D eigenvalue weighted by Crippen LogP contribution is 2.38. The van der Waals surface area contributed by atoms with E-state index in [9.17, 15) is 9.59 Å². The maximum absolute atomic E-state index is 10.6. The molecule has 2 aromatic rings. The predicted molar refractivity (Wildman–Crippen MR) is 93.6 cm³/mol. The summed E-state index contributed by atoms with van der Waals surface area (Å²) in [5.41, 5.74) is 1.15. The topological polar surface area (TPSA) is 58.9 Å². The molecule has 116 valence electrons. The molecule has 6 heteroatoms. The molecule has 23 heavy (non-hydrogen) atoms. The molecule has 2 aromatic carbocycles. The van der Waals surface area contributed by atoms with E-state index in [0.717, 1.165) is 14.7 Å². The predicted octanol–water partition coefficient (Wildman–Crippen LogP) is 5.27. The molecular formula is C17H14N2O2S2. The number of hydrogen-bond donors (Lipinski definition) is 0. The van der Waals surface area contributed by atoms with E-state index in [2.05, 4.69) is 23.8 Å². The lowest BCUT2D eigenvalue weighted by Gasteiger charge is -2.09. The number of benzene rings is 2. The summed E-state index contributed by atoms with van der Waals surface area (Å²) in [6, 6.07) is 13.0. The largest absolute Gasteiger partial charge is 0.240 e. The molecule has 0 aliphatic heterocycles. The van der Waals surface area contributed by atoms with Crippen LogP contribution in [0.3, 0.4) is 0 Å². The van der Waals surface area contributed by atoms with E-state index in [1.165, 1.54) is 17.8 Å². The molecule has 2 rings (SSSR count). The third-order valence-corrected chi connectivity index (χ3v) is 4.76. The number of hydrogen-bond acceptors (Lipinski definition) is 6. The first kappa shape index (κ1) is 17.3. The first-order chi connectivity index (χ1) is 11.1. The second-order valence-corrected chi connectivity index (χ2v) is 7.56. The normalized spacial score (nSPS) is 10.0. The van der Waals surface area contributed by atoms with E-state index in [-0.39, 0.29) is 0 Å². The molecule has 4 nitrogen and oxygen atoms in total. The summed E-state index contributed by atoms with van der Waals surface area (Å²) in [6.07, 6.45) is 3.11. The summed E-state index contributed by atoms with van der Waals surface area (Å²) in [5, 5.41) is 0.466. The Bertz CT molecular complexity index is 776. The first-order valence-corrected chi connectivity index (χ1v) is 8.56. The van der Waals surface area contributed by atoms with Gasteiger partial charge in [0.1, 0.15) is 0 Å². The zero-order chi connectivity index (χ0) is 16.7. The molecule has 0 radical (unpaired) electrons. The van der Waals surface area contributed by atoms with Crippen LogP contribution < -0.4 is 0 Å². The Balaban J connectivity index is 2.31. The average molecular weight is 342 g/mol. The molecule has 0 aromatic heterocycles. The van der Waals surface area contributed by atoms with Crippen molar-refractivity contribution in [2.75, 3.05) is 0 Å². The SMILES string of the molecule is CC(C)Sc1ccc(N=C=O)c(Sc2ccc(N=C=O)cc2)c1. The molecule has 0 unspecified atom stereocenters. The molecule has 0 saturated heterocycles. The van der Waals surface area contributed by atoms with Crippen LogP contribution in [0.4, 0.5) is 11.4 Å². The van der Waals surface area contributed by atoms with Crippen LogP contribution in [0.5, 0.6) is 0 Å². The van der Waals surface area contributed by atoms with E-state index >= 15 is 0 Å². The van der Waals surface area contributed by atoms with Crippen molar-refractivity contribution in [2.24, 2.45) is 9.98 Å². The highest BCUT2D eigenvalue weighted by Gasteiger charge is 2.08. The van der Waals surface area contributed by atoms with Crippen LogP contribution >= 0.6 is 23.5 Å². The lowest BCUT2D eigenvalue weighted by atomic mass is 10.3. The van der Waals surface area contributed by atoms with Gasteiger partial charge in [0.2, 0.25) is 12.2 Å². The van der Waals surface area contributed by atoms with Crippen LogP contribution in [0.1, 0.15) is 13.8 Å². The molecule has 0 saturated carbocycles. The third-order valence-electron chi connectivity index (χ3n) is 2.71. The van der Waals surface area contributed by atoms with Crippen LogP contribution in [-0.4, -0.2) is 17.4 Å². The Morgan fingerprint density at radius 2 is 1.57 bits per heavy atom. The lowest BCUT2D eigenvalue weighted by Crippen LogP contribution is -1.86. The molecule has 0 amide bonds. The smallest absolute Gasteiger partial charge is 0.211 e. The number of carbonyl (C=O) groups excluding carboxylic acids is 2. The highest BCUT2D eigenvalue weighted by atomic mass is 32.2. The van der Waals surface area contributed by atoms with Crippen molar-refractivity contribution in [1.82, 2.24) is 0 Å². The van der Waals surface area contributed by atoms with Gasteiger partial charge in [-0.15, -0.1) is 11.8 Å². The quantitative estimate of drug-likeness (QED) is 0.407. The monoisotopic (exact) mass is 342 g/mol. The molecule has 0 spiro atoms. The minimum absolute atomic E-state index is 0.466. The summed E-state index contributed by atoms with van der Waals surface area (Å²) >= 11 is 3.24. The van der Waals surface area contributed by atoms with Crippen LogP contribution in [0.2, 0.25) is 0 Å². The van der Waals surface area contributed by atoms with Gasteiger partial charge in [-0.2, -0.15) is 9.98 Å². The summed E-state index contributed by atoms with van der Waals surface area (Å²) in [4.78, 5) is 31.1. The van der Waals surface area contributed by atoms with Crippen LogP contribution in [-0.2, 0) is 9.59 Å². The van der Waals surface area contributed by atoms with Crippen LogP contribution in [0, 0.1) is 0 Å². The number of thioether (sulfide) groups is 1. The fourth-order valence-electron chi connectivity index (χ4n) is 1.83. The van der Waals surface area contributed by atoms with Crippen molar-refractivity contribution in [1.29, 1.82) is 0 Å². The number of rotatable bonds is 6. The fourth-order valence-corrected chi connectivity index (χ4v) is 3.71. The summed E-state index contributed by atoms with van der Waals surface area (Å²) in [6.45, 7) is 4.25. The van der Waals surface area contributed by atoms with E-state index < -0.39 is 0 Å². The zero-order valence-corrected chi connectivity index (χ0v) is 14.3. The molecule has 0 heterocycles. The number of nitrogens with zero attached hydrogens (tertiary/aromatic N) is 2. The Kier molecular flexibility index (Phi) is 6.39. The van der Waals surface area contributed by atoms with Gasteiger partial charge in [-0.25, -0.2) is 9.59 Å². The Morgan fingerprint density at radius 1 is 0.913 bits per heavy atom. The lowest BCUT2D eigenvalue weighted by molar-refractivity contribution is 0.564. The third kappa shape index (κ3) is 5.23. The second kappa shape index (κ2) is 8.51. The Morgan fingerprint density at radius 3 is 2.17 bits per heavy atom. The standard InChI is InChI=1S/C17H14N2O2S2/c1-12(2)22-15-7-8-16(19-11-21)17(9-15)23-14-5-3-13(4-6-14)18-10-20/h3-9,12H,1-2H3. The summed E-state index contributed by atoms with van der Waals surface area (Å²) in [7, 11) is 0. The van der Waals surface area contributed by atoms with Gasteiger partial charge in [0.05, 0.1) is 11.4 Å². The van der Waals surface area contributed by atoms with Gasteiger partial charge >= 0.3 is 0 Å². The second-order valence-electron chi connectivity index (χ2n) is 4.80. The van der Waals surface area contributed by atoms with E-state index in [0.29, 0.717) is 16.6 Å². The summed E-state index contributed by atoms with van der Waals surface area (Å²) in [5.74, 6) is 0. The van der Waals surface area contributed by atoms with Gasteiger partial charge in [0.25, 0.3) is 0 Å². The maximum Gasteiger partial charge on any atom is 0.240 e. The molecule has 0 bridgehead atoms. The van der Waals surface area contributed by atoms with Gasteiger partial charge in [-0.05, 0) is 42.5 Å². The fraction of sp³-hybridized carbons (Fsp3) is 0.176. The van der Waals surface area contributed by atoms with Crippen molar-refractivity contribution < 1.29 is 9.59 Å². The van der Waals surface area contributed by atoms with E-state index in [4.69, 9.17) is 0 Å². The van der Waals surface area contributed by atoms with Crippen molar-refractivity contribution in [3.05, 3.63) is 42.5 Å².